The van der Waals surface area contributed by atoms with Crippen molar-refractivity contribution in [1.82, 2.24) is 0 Å². The van der Waals surface area contributed by atoms with Crippen molar-refractivity contribution in [2.45, 2.75) is 0 Å². The molecule has 1 N–H and O–H groups in total. The summed E-state index contributed by atoms with van der Waals surface area (Å²) in [6.45, 7) is 0. The van der Waals surface area contributed by atoms with Crippen LogP contribution in [0.2, 0.25) is 0 Å². The summed E-state index contributed by atoms with van der Waals surface area (Å²) in [5.74, 6) is 0. The molecule has 0 saturated carbocycles. The van der Waals surface area contributed by atoms with Crippen LogP contribution in [0.3, 0.4) is 0 Å². The summed E-state index contributed by atoms with van der Waals surface area (Å²) in [4.78, 5) is 0. The molecule has 0 amide bonds. The van der Waals surface area contributed by atoms with Gasteiger partial charge in [-0.3, -0.25) is 0 Å². The Balaban J connectivity index is 2.12. The lowest BCUT2D eigenvalue weighted by molar-refractivity contribution is 1.23. The number of anilines is 1. The summed E-state index contributed by atoms with van der Waals surface area (Å²) in [6.07, 6.45) is 0. The molecule has 0 radical (unpaired) electrons. The molecule has 0 aliphatic heterocycles. The van der Waals surface area contributed by atoms with Crippen LogP contribution in [0.4, 0.5) is 17.1 Å². The highest BCUT2D eigenvalue weighted by molar-refractivity contribution is 5.50. The molecule has 0 spiro atoms. The van der Waals surface area contributed by atoms with E-state index >= 15 is 0 Å². The van der Waals surface area contributed by atoms with Gasteiger partial charge in [-0.15, -0.1) is 0 Å². The number of azo groups is 1. The number of hydrogen-bond donors (Lipinski definition) is 1. The lowest BCUT2D eigenvalue weighted by Gasteiger charge is -1.98. The Bertz CT molecular complexity index is 460. The largest absolute Gasteiger partial charge is 0.388 e. The summed E-state index contributed by atoms with van der Waals surface area (Å²) in [6, 6.07) is 17.5. The lowest BCUT2D eigenvalue weighted by Crippen LogP contribution is -1.84. The maximum Gasteiger partial charge on any atom is 0.0858 e. The van der Waals surface area contributed by atoms with E-state index in [1.54, 1.807) is 0 Å². The van der Waals surface area contributed by atoms with E-state index < -0.39 is 0 Å². The van der Waals surface area contributed by atoms with Gasteiger partial charge < -0.3 is 5.32 Å². The number of nitrogens with zero attached hydrogens (tertiary/aromatic N) is 2. The quantitative estimate of drug-likeness (QED) is 0.761. The molecule has 0 atom stereocenters. The first-order valence-corrected chi connectivity index (χ1v) is 5.13. The predicted molar refractivity (Wildman–Crippen MR) is 66.6 cm³/mol. The molecule has 3 nitrogen and oxygen atoms in total. The molecule has 0 saturated heterocycles. The Morgan fingerprint density at radius 3 is 1.88 bits per heavy atom. The second kappa shape index (κ2) is 5.07. The molecule has 0 fully saturated rings. The van der Waals surface area contributed by atoms with Gasteiger partial charge in [0.2, 0.25) is 0 Å². The topological polar surface area (TPSA) is 36.8 Å². The fraction of sp³-hybridized carbons (Fsp3) is 0.0769. The first-order chi connectivity index (χ1) is 7.88. The fourth-order valence-electron chi connectivity index (χ4n) is 1.30. The van der Waals surface area contributed by atoms with Crippen molar-refractivity contribution in [2.75, 3.05) is 12.4 Å². The van der Waals surface area contributed by atoms with Crippen LogP contribution in [0.5, 0.6) is 0 Å². The van der Waals surface area contributed by atoms with E-state index in [4.69, 9.17) is 0 Å². The van der Waals surface area contributed by atoms with Crippen molar-refractivity contribution >= 4 is 17.1 Å². The Morgan fingerprint density at radius 2 is 1.31 bits per heavy atom. The van der Waals surface area contributed by atoms with E-state index in [0.29, 0.717) is 0 Å². The maximum absolute atomic E-state index is 4.15. The van der Waals surface area contributed by atoms with E-state index in [1.165, 1.54) is 0 Å². The van der Waals surface area contributed by atoms with Crippen LogP contribution >= 0.6 is 0 Å². The van der Waals surface area contributed by atoms with Gasteiger partial charge in [-0.05, 0) is 36.4 Å². The van der Waals surface area contributed by atoms with Crippen molar-refractivity contribution < 1.29 is 0 Å². The zero-order valence-corrected chi connectivity index (χ0v) is 9.09. The highest BCUT2D eigenvalue weighted by Gasteiger charge is 1.90. The summed E-state index contributed by atoms with van der Waals surface area (Å²) in [5, 5.41) is 11.3. The Morgan fingerprint density at radius 1 is 0.750 bits per heavy atom. The van der Waals surface area contributed by atoms with E-state index in [-0.39, 0.29) is 0 Å². The van der Waals surface area contributed by atoms with Crippen LogP contribution in [0.25, 0.3) is 0 Å². The van der Waals surface area contributed by atoms with Crippen LogP contribution in [0.15, 0.2) is 64.8 Å². The average molecular weight is 211 g/mol. The molecule has 0 heterocycles. The van der Waals surface area contributed by atoms with Gasteiger partial charge in [0.1, 0.15) is 0 Å². The Labute approximate surface area is 94.9 Å². The summed E-state index contributed by atoms with van der Waals surface area (Å²) >= 11 is 0. The highest BCUT2D eigenvalue weighted by Crippen LogP contribution is 2.19. The molecule has 2 aromatic rings. The number of hydrogen-bond acceptors (Lipinski definition) is 3. The van der Waals surface area contributed by atoms with E-state index in [2.05, 4.69) is 15.5 Å². The minimum absolute atomic E-state index is 0.850. The molecule has 2 aromatic carbocycles. The summed E-state index contributed by atoms with van der Waals surface area (Å²) in [5.41, 5.74) is 2.78. The number of benzene rings is 2. The molecular formula is C13H13N3. The van der Waals surface area contributed by atoms with Gasteiger partial charge >= 0.3 is 0 Å². The SMILES string of the molecule is CNc1ccc(/N=N/c2ccccc2)cc1. The van der Waals surface area contributed by atoms with Gasteiger partial charge in [0, 0.05) is 12.7 Å². The zero-order valence-electron chi connectivity index (χ0n) is 9.09. The number of rotatable bonds is 3. The van der Waals surface area contributed by atoms with Crippen molar-refractivity contribution in [3.05, 3.63) is 54.6 Å². The summed E-state index contributed by atoms with van der Waals surface area (Å²) < 4.78 is 0. The van der Waals surface area contributed by atoms with Gasteiger partial charge in [-0.25, -0.2) is 0 Å². The third-order valence-electron chi connectivity index (χ3n) is 2.19. The standard InChI is InChI=1S/C13H13N3/c1-14-11-7-9-13(10-8-11)16-15-12-5-3-2-4-6-12/h2-10,14H,1H3/b16-15+. The van der Waals surface area contributed by atoms with Crippen LogP contribution in [0, 0.1) is 0 Å². The molecule has 0 bridgehead atoms. The molecule has 3 heteroatoms. The van der Waals surface area contributed by atoms with Gasteiger partial charge in [-0.2, -0.15) is 10.2 Å². The minimum atomic E-state index is 0.850. The molecule has 2 rings (SSSR count). The third kappa shape index (κ3) is 2.67. The molecule has 0 aromatic heterocycles. The monoisotopic (exact) mass is 211 g/mol. The fourth-order valence-corrected chi connectivity index (χ4v) is 1.30. The molecular weight excluding hydrogens is 198 g/mol. The first-order valence-electron chi connectivity index (χ1n) is 5.13. The minimum Gasteiger partial charge on any atom is -0.388 e. The van der Waals surface area contributed by atoms with Crippen LogP contribution in [0.1, 0.15) is 0 Å². The highest BCUT2D eigenvalue weighted by atomic mass is 15.1. The van der Waals surface area contributed by atoms with Crippen molar-refractivity contribution in [3.8, 4) is 0 Å². The molecule has 0 aliphatic carbocycles. The van der Waals surface area contributed by atoms with Crippen LogP contribution < -0.4 is 5.32 Å². The first kappa shape index (κ1) is 10.4. The predicted octanol–water partition coefficient (Wildman–Crippen LogP) is 4.14. The summed E-state index contributed by atoms with van der Waals surface area (Å²) in [7, 11) is 1.89. The van der Waals surface area contributed by atoms with Crippen molar-refractivity contribution in [2.24, 2.45) is 10.2 Å². The lowest BCUT2D eigenvalue weighted by atomic mass is 10.3. The number of nitrogens with one attached hydrogen (secondary N) is 1. The van der Waals surface area contributed by atoms with Gasteiger partial charge in [-0.1, -0.05) is 18.2 Å². The smallest absolute Gasteiger partial charge is 0.0858 e. The second-order valence-corrected chi connectivity index (χ2v) is 3.33. The third-order valence-corrected chi connectivity index (χ3v) is 2.19. The Kier molecular flexibility index (Phi) is 3.28. The van der Waals surface area contributed by atoms with Gasteiger partial charge in [0.05, 0.1) is 11.4 Å². The van der Waals surface area contributed by atoms with E-state index in [9.17, 15) is 0 Å². The van der Waals surface area contributed by atoms with E-state index in [0.717, 1.165) is 17.1 Å². The normalized spacial score (nSPS) is 10.6. The van der Waals surface area contributed by atoms with Crippen molar-refractivity contribution in [1.29, 1.82) is 0 Å². The molecule has 0 aliphatic rings. The average Bonchev–Trinajstić information content (AvgIpc) is 2.38. The van der Waals surface area contributed by atoms with E-state index in [1.807, 2.05) is 61.6 Å². The van der Waals surface area contributed by atoms with Crippen LogP contribution in [-0.2, 0) is 0 Å². The van der Waals surface area contributed by atoms with Gasteiger partial charge in [0.25, 0.3) is 0 Å². The molecule has 16 heavy (non-hydrogen) atoms. The van der Waals surface area contributed by atoms with Gasteiger partial charge in [0.15, 0.2) is 0 Å². The maximum atomic E-state index is 4.15. The molecule has 80 valence electrons. The van der Waals surface area contributed by atoms with Crippen LogP contribution in [-0.4, -0.2) is 7.05 Å². The Hall–Kier alpha value is -2.16. The molecule has 0 unspecified atom stereocenters. The second-order valence-electron chi connectivity index (χ2n) is 3.33. The van der Waals surface area contributed by atoms with Crippen molar-refractivity contribution in [3.63, 3.8) is 0 Å². The zero-order chi connectivity index (χ0) is 11.2.